The number of carboxylic acid groups (broad SMARTS) is 1. The summed E-state index contributed by atoms with van der Waals surface area (Å²) in [5.74, 6) is 1.99. The zero-order valence-corrected chi connectivity index (χ0v) is 29.0. The highest BCUT2D eigenvalue weighted by Crippen LogP contribution is 2.93. The molecular weight excluding hydrogens is 683 g/mol. The van der Waals surface area contributed by atoms with Gasteiger partial charge in [-0.15, -0.1) is 10.2 Å². The molecule has 0 aromatic carbocycles. The predicted octanol–water partition coefficient (Wildman–Crippen LogP) is 6.85. The van der Waals surface area contributed by atoms with E-state index in [1.165, 1.54) is 57.4 Å². The Balaban J connectivity index is 0.000000135. The number of esters is 1. The number of carboxylic acids is 1. The van der Waals surface area contributed by atoms with Crippen molar-refractivity contribution < 1.29 is 28.9 Å². The normalized spacial score (nSPS) is 21.4. The first kappa shape index (κ1) is 31.8. The van der Waals surface area contributed by atoms with Gasteiger partial charge >= 0.3 is 11.9 Å². The van der Waals surface area contributed by atoms with Crippen LogP contribution < -0.4 is 9.47 Å². The SMILES string of the molecule is CCOC(=O)c1ccc(-n2ccc(OCC3C4(CC4)C34CC4)n2)nc1Cl.O=C(O)c1ccc(-n2ccc(OCC3C4(CC4)C34CC4)n2)nc1Cl. The molecule has 1 N–H and O–H groups in total. The summed E-state index contributed by atoms with van der Waals surface area (Å²) in [6, 6.07) is 9.91. The van der Waals surface area contributed by atoms with Gasteiger partial charge in [0.15, 0.2) is 11.6 Å². The van der Waals surface area contributed by atoms with Crippen LogP contribution >= 0.6 is 23.2 Å². The van der Waals surface area contributed by atoms with Gasteiger partial charge in [-0.05, 0) is 104 Å². The van der Waals surface area contributed by atoms with Gasteiger partial charge in [0.1, 0.15) is 10.3 Å². The van der Waals surface area contributed by atoms with Crippen LogP contribution in [-0.2, 0) is 4.74 Å². The molecule has 6 saturated carbocycles. The first-order valence-electron chi connectivity index (χ1n) is 17.3. The average molecular weight is 720 g/mol. The van der Waals surface area contributed by atoms with Crippen LogP contribution in [0.4, 0.5) is 0 Å². The van der Waals surface area contributed by atoms with E-state index in [2.05, 4.69) is 20.2 Å². The third-order valence-electron chi connectivity index (χ3n) is 12.4. The summed E-state index contributed by atoms with van der Waals surface area (Å²) in [6.45, 7) is 3.53. The lowest BCUT2D eigenvalue weighted by Crippen LogP contribution is -2.08. The summed E-state index contributed by atoms with van der Waals surface area (Å²) in [5.41, 5.74) is 2.73. The lowest BCUT2D eigenvalue weighted by Gasteiger charge is -2.06. The summed E-state index contributed by atoms with van der Waals surface area (Å²) in [7, 11) is 0. The van der Waals surface area contributed by atoms with Crippen LogP contribution in [0.2, 0.25) is 10.3 Å². The molecule has 4 aromatic rings. The van der Waals surface area contributed by atoms with E-state index in [9.17, 15) is 9.59 Å². The van der Waals surface area contributed by atoms with Gasteiger partial charge < -0.3 is 19.3 Å². The minimum absolute atomic E-state index is 0.0257. The van der Waals surface area contributed by atoms with Gasteiger partial charge in [0, 0.05) is 36.4 Å². The molecule has 0 atom stereocenters. The van der Waals surface area contributed by atoms with Crippen molar-refractivity contribution in [2.45, 2.75) is 58.3 Å². The number of fused-ring (bicyclic) bond motifs is 2. The summed E-state index contributed by atoms with van der Waals surface area (Å²) in [5, 5.41) is 17.8. The molecule has 0 radical (unpaired) electrons. The molecule has 10 rings (SSSR count). The van der Waals surface area contributed by atoms with E-state index in [1.54, 1.807) is 52.9 Å². The predicted molar refractivity (Wildman–Crippen MR) is 180 cm³/mol. The second-order valence-corrected chi connectivity index (χ2v) is 15.3. The molecule has 0 bridgehead atoms. The minimum Gasteiger partial charge on any atom is -0.478 e. The molecule has 0 amide bonds. The van der Waals surface area contributed by atoms with Crippen LogP contribution in [0, 0.1) is 33.5 Å². The molecule has 12 nitrogen and oxygen atoms in total. The Morgan fingerprint density at radius 2 is 1.14 bits per heavy atom. The van der Waals surface area contributed by atoms with Gasteiger partial charge in [0.25, 0.3) is 0 Å². The number of carbonyl (C=O) groups is 2. The number of halogens is 2. The fraction of sp³-hybridized carbons (Fsp3) is 0.500. The Bertz CT molecular complexity index is 1990. The first-order valence-corrected chi connectivity index (χ1v) is 18.0. The number of hydrogen-bond acceptors (Lipinski definition) is 9. The molecule has 0 unspecified atom stereocenters. The van der Waals surface area contributed by atoms with Gasteiger partial charge in [-0.3, -0.25) is 0 Å². The van der Waals surface area contributed by atoms with Crippen molar-refractivity contribution in [3.8, 4) is 23.4 Å². The van der Waals surface area contributed by atoms with E-state index in [-0.39, 0.29) is 21.4 Å². The standard InChI is InChI=1S/C19H20ClN3O3.C17H16ClN3O3/c1-2-25-17(24)12-3-4-14(21-16(12)20)23-10-5-15(22-23)26-11-13-18(6-7-18)19(13)8-9-19;18-14-10(15(22)23)1-2-12(19-14)21-8-3-13(20-21)24-9-11-16(4-5-16)17(11)6-7-17/h3-5,10,13H,2,6-9,11H2,1H3;1-3,8,11H,4-7,9H2,(H,22,23). The van der Waals surface area contributed by atoms with Crippen LogP contribution in [0.3, 0.4) is 0 Å². The van der Waals surface area contributed by atoms with E-state index >= 15 is 0 Å². The van der Waals surface area contributed by atoms with Crippen molar-refractivity contribution >= 4 is 35.1 Å². The number of hydrogen-bond donors (Lipinski definition) is 1. The zero-order valence-electron chi connectivity index (χ0n) is 27.5. The number of aromatic nitrogens is 6. The summed E-state index contributed by atoms with van der Waals surface area (Å²) in [4.78, 5) is 31.1. The van der Waals surface area contributed by atoms with Crippen LogP contribution in [0.1, 0.15) is 79.0 Å². The molecular formula is C36H36Cl2N6O6. The fourth-order valence-corrected chi connectivity index (χ4v) is 9.69. The largest absolute Gasteiger partial charge is 0.478 e. The van der Waals surface area contributed by atoms with Gasteiger partial charge in [-0.2, -0.15) is 0 Å². The molecule has 4 heterocycles. The van der Waals surface area contributed by atoms with Crippen molar-refractivity contribution in [2.24, 2.45) is 33.5 Å². The van der Waals surface area contributed by atoms with Crippen molar-refractivity contribution in [2.75, 3.05) is 19.8 Å². The molecule has 6 fully saturated rings. The fourth-order valence-electron chi connectivity index (χ4n) is 9.23. The number of nitrogens with zero attached hydrogens (tertiary/aromatic N) is 6. The molecule has 6 aliphatic rings. The molecule has 14 heteroatoms. The Morgan fingerprint density at radius 1 is 0.720 bits per heavy atom. The van der Waals surface area contributed by atoms with Crippen molar-refractivity contribution in [3.63, 3.8) is 0 Å². The maximum atomic E-state index is 11.8. The van der Waals surface area contributed by atoms with Gasteiger partial charge in [0.05, 0.1) is 30.9 Å². The molecule has 260 valence electrons. The Hall–Kier alpha value is -4.16. The highest BCUT2D eigenvalue weighted by atomic mass is 35.5. The lowest BCUT2D eigenvalue weighted by atomic mass is 10.3. The summed E-state index contributed by atoms with van der Waals surface area (Å²) in [6.07, 6.45) is 14.5. The molecule has 6 aliphatic carbocycles. The highest BCUT2D eigenvalue weighted by molar-refractivity contribution is 6.32. The third kappa shape index (κ3) is 5.00. The maximum absolute atomic E-state index is 11.8. The van der Waals surface area contributed by atoms with E-state index in [4.69, 9.17) is 42.5 Å². The second kappa shape index (κ2) is 11.2. The van der Waals surface area contributed by atoms with Crippen LogP contribution in [0.25, 0.3) is 11.6 Å². The minimum atomic E-state index is -1.10. The highest BCUT2D eigenvalue weighted by Gasteiger charge is 2.87. The number of ether oxygens (including phenoxy) is 3. The second-order valence-electron chi connectivity index (χ2n) is 14.6. The van der Waals surface area contributed by atoms with Crippen molar-refractivity contribution in [3.05, 3.63) is 70.2 Å². The van der Waals surface area contributed by atoms with Gasteiger partial charge in [-0.25, -0.2) is 28.9 Å². The number of rotatable bonds is 11. The maximum Gasteiger partial charge on any atom is 0.341 e. The number of aromatic carboxylic acids is 1. The monoisotopic (exact) mass is 718 g/mol. The first-order chi connectivity index (χ1) is 24.2. The smallest absolute Gasteiger partial charge is 0.341 e. The zero-order chi connectivity index (χ0) is 34.5. The van der Waals surface area contributed by atoms with E-state index in [0.717, 1.165) is 19.1 Å². The topological polar surface area (TPSA) is 143 Å². The quantitative estimate of drug-likeness (QED) is 0.129. The summed E-state index contributed by atoms with van der Waals surface area (Å²) >= 11 is 12.0. The van der Waals surface area contributed by atoms with Crippen LogP contribution in [0.15, 0.2) is 48.8 Å². The van der Waals surface area contributed by atoms with Gasteiger partial charge in [-0.1, -0.05) is 23.2 Å². The number of pyridine rings is 2. The van der Waals surface area contributed by atoms with Crippen LogP contribution in [-0.4, -0.2) is 66.4 Å². The molecule has 0 saturated heterocycles. The third-order valence-corrected chi connectivity index (χ3v) is 13.0. The van der Waals surface area contributed by atoms with E-state index in [0.29, 0.717) is 57.6 Å². The van der Waals surface area contributed by atoms with Gasteiger partial charge in [0.2, 0.25) is 11.8 Å². The van der Waals surface area contributed by atoms with Crippen molar-refractivity contribution in [1.29, 1.82) is 0 Å². The Morgan fingerprint density at radius 3 is 1.50 bits per heavy atom. The van der Waals surface area contributed by atoms with Crippen LogP contribution in [0.5, 0.6) is 11.8 Å². The molecule has 4 aromatic heterocycles. The lowest BCUT2D eigenvalue weighted by molar-refractivity contribution is 0.0525. The summed E-state index contributed by atoms with van der Waals surface area (Å²) < 4.78 is 19.9. The molecule has 0 aliphatic heterocycles. The number of carbonyl (C=O) groups excluding carboxylic acids is 1. The Labute approximate surface area is 298 Å². The van der Waals surface area contributed by atoms with E-state index in [1.807, 2.05) is 6.07 Å². The van der Waals surface area contributed by atoms with E-state index < -0.39 is 11.9 Å². The Kier molecular flexibility index (Phi) is 7.10. The average Bonchev–Trinajstić information content (AvgIpc) is 3.83. The molecule has 4 spiro atoms. The van der Waals surface area contributed by atoms with Crippen molar-refractivity contribution in [1.82, 2.24) is 29.5 Å². The molecule has 50 heavy (non-hydrogen) atoms.